The van der Waals surface area contributed by atoms with E-state index in [1.165, 1.54) is 0 Å². The number of carbonyl (C=O) groups excluding carboxylic acids is 1. The lowest BCUT2D eigenvalue weighted by Crippen LogP contribution is -2.46. The summed E-state index contributed by atoms with van der Waals surface area (Å²) in [5.74, 6) is -0.305. The van der Waals surface area contributed by atoms with Gasteiger partial charge in [0.15, 0.2) is 0 Å². The first-order valence-corrected chi connectivity index (χ1v) is 7.31. The van der Waals surface area contributed by atoms with Crippen LogP contribution in [0.4, 0.5) is 5.82 Å². The van der Waals surface area contributed by atoms with Gasteiger partial charge in [-0.15, -0.1) is 0 Å². The fraction of sp³-hybridized carbons (Fsp3) is 0.533. The average molecular weight is 307 g/mol. The number of aliphatic carboxylic acids is 1. The number of ether oxygens (including phenoxy) is 1. The molecule has 1 aliphatic rings. The number of rotatable bonds is 6. The number of amides is 1. The van der Waals surface area contributed by atoms with Gasteiger partial charge in [-0.2, -0.15) is 0 Å². The first-order valence-electron chi connectivity index (χ1n) is 7.31. The van der Waals surface area contributed by atoms with E-state index in [2.05, 4.69) is 4.98 Å². The first kappa shape index (κ1) is 16.2. The molecule has 0 spiro atoms. The lowest BCUT2D eigenvalue weighted by molar-refractivity contribution is -0.137. The smallest absolute Gasteiger partial charge is 0.305 e. The number of carboxylic acid groups (broad SMARTS) is 1. The quantitative estimate of drug-likeness (QED) is 0.825. The molecule has 7 heteroatoms. The van der Waals surface area contributed by atoms with E-state index in [0.29, 0.717) is 32.1 Å². The van der Waals surface area contributed by atoms with Crippen molar-refractivity contribution < 1.29 is 19.4 Å². The minimum atomic E-state index is -0.893. The molecule has 120 valence electrons. The summed E-state index contributed by atoms with van der Waals surface area (Å²) in [6.45, 7) is 4.55. The predicted molar refractivity (Wildman–Crippen MR) is 80.8 cm³/mol. The van der Waals surface area contributed by atoms with Crippen LogP contribution in [-0.2, 0) is 14.3 Å². The summed E-state index contributed by atoms with van der Waals surface area (Å²) in [4.78, 5) is 30.9. The normalized spacial score (nSPS) is 14.7. The number of nitrogens with zero attached hydrogens (tertiary/aromatic N) is 3. The van der Waals surface area contributed by atoms with Crippen molar-refractivity contribution in [2.75, 3.05) is 44.3 Å². The molecule has 0 aromatic carbocycles. The molecule has 1 N–H and O–H groups in total. The van der Waals surface area contributed by atoms with Crippen molar-refractivity contribution in [1.29, 1.82) is 0 Å². The number of anilines is 1. The maximum atomic E-state index is 12.3. The first-order chi connectivity index (χ1) is 10.6. The summed E-state index contributed by atoms with van der Waals surface area (Å²) >= 11 is 0. The van der Waals surface area contributed by atoms with E-state index >= 15 is 0 Å². The lowest BCUT2D eigenvalue weighted by atomic mass is 10.3. The number of carbonyl (C=O) groups is 2. The van der Waals surface area contributed by atoms with Crippen molar-refractivity contribution in [3.8, 4) is 0 Å². The topological polar surface area (TPSA) is 83.0 Å². The van der Waals surface area contributed by atoms with Gasteiger partial charge in [-0.3, -0.25) is 9.59 Å². The Hall–Kier alpha value is -2.15. The number of carboxylic acids is 1. The van der Waals surface area contributed by atoms with Gasteiger partial charge in [-0.25, -0.2) is 4.98 Å². The number of morpholine rings is 1. The van der Waals surface area contributed by atoms with Gasteiger partial charge in [0.1, 0.15) is 5.82 Å². The van der Waals surface area contributed by atoms with Crippen molar-refractivity contribution in [1.82, 2.24) is 9.88 Å². The van der Waals surface area contributed by atoms with Gasteiger partial charge in [-0.05, 0) is 18.6 Å². The molecule has 0 radical (unpaired) electrons. The molecule has 22 heavy (non-hydrogen) atoms. The Morgan fingerprint density at radius 3 is 2.68 bits per heavy atom. The van der Waals surface area contributed by atoms with E-state index in [1.54, 1.807) is 16.0 Å². The highest BCUT2D eigenvalue weighted by atomic mass is 16.5. The molecule has 0 bridgehead atoms. The predicted octanol–water partition coefficient (Wildman–Crippen LogP) is 0.530. The average Bonchev–Trinajstić information content (AvgIpc) is 2.53. The Kier molecular flexibility index (Phi) is 5.71. The van der Waals surface area contributed by atoms with Crippen LogP contribution in [0.5, 0.6) is 0 Å². The van der Waals surface area contributed by atoms with Crippen molar-refractivity contribution in [3.63, 3.8) is 0 Å². The molecule has 2 heterocycles. The van der Waals surface area contributed by atoms with Crippen molar-refractivity contribution in [2.45, 2.75) is 13.3 Å². The molecular formula is C15H21N3O4. The zero-order valence-electron chi connectivity index (χ0n) is 12.7. The van der Waals surface area contributed by atoms with Gasteiger partial charge in [0.05, 0.1) is 26.2 Å². The Morgan fingerprint density at radius 1 is 1.36 bits per heavy atom. The van der Waals surface area contributed by atoms with Crippen LogP contribution in [0.15, 0.2) is 18.3 Å². The fourth-order valence-corrected chi connectivity index (χ4v) is 2.23. The van der Waals surface area contributed by atoms with Gasteiger partial charge in [-0.1, -0.05) is 6.07 Å². The molecule has 1 fully saturated rings. The van der Waals surface area contributed by atoms with Crippen molar-refractivity contribution in [3.05, 3.63) is 23.9 Å². The second-order valence-electron chi connectivity index (χ2n) is 5.25. The van der Waals surface area contributed by atoms with E-state index in [4.69, 9.17) is 9.84 Å². The van der Waals surface area contributed by atoms with E-state index < -0.39 is 5.97 Å². The van der Waals surface area contributed by atoms with Crippen LogP contribution in [0.25, 0.3) is 0 Å². The van der Waals surface area contributed by atoms with Gasteiger partial charge in [0.25, 0.3) is 0 Å². The van der Waals surface area contributed by atoms with Crippen LogP contribution in [0.1, 0.15) is 12.0 Å². The third-order valence-corrected chi connectivity index (χ3v) is 3.51. The van der Waals surface area contributed by atoms with E-state index in [1.807, 2.05) is 19.1 Å². The fourth-order valence-electron chi connectivity index (χ4n) is 2.23. The number of pyridine rings is 1. The van der Waals surface area contributed by atoms with Crippen molar-refractivity contribution >= 4 is 17.7 Å². The van der Waals surface area contributed by atoms with Crippen LogP contribution in [0, 0.1) is 6.92 Å². The van der Waals surface area contributed by atoms with Gasteiger partial charge < -0.3 is 19.6 Å². The second kappa shape index (κ2) is 7.74. The van der Waals surface area contributed by atoms with Gasteiger partial charge >= 0.3 is 5.97 Å². The molecule has 2 rings (SSSR count). The van der Waals surface area contributed by atoms with E-state index in [9.17, 15) is 9.59 Å². The van der Waals surface area contributed by atoms with Crippen LogP contribution < -0.4 is 4.90 Å². The number of aryl methyl sites for hydroxylation is 1. The van der Waals surface area contributed by atoms with Gasteiger partial charge in [0.2, 0.25) is 5.91 Å². The van der Waals surface area contributed by atoms with Crippen LogP contribution in [0.2, 0.25) is 0 Å². The standard InChI is InChI=1S/C15H21N3O4/c1-12-2-3-13(16-10-12)18(5-4-15(20)21)11-14(19)17-6-8-22-9-7-17/h2-3,10H,4-9,11H2,1H3,(H,20,21). The summed E-state index contributed by atoms with van der Waals surface area (Å²) in [5, 5.41) is 8.88. The monoisotopic (exact) mass is 307 g/mol. The lowest BCUT2D eigenvalue weighted by Gasteiger charge is -2.30. The maximum absolute atomic E-state index is 12.3. The van der Waals surface area contributed by atoms with Crippen molar-refractivity contribution in [2.24, 2.45) is 0 Å². The number of hydrogen-bond donors (Lipinski definition) is 1. The summed E-state index contributed by atoms with van der Waals surface area (Å²) in [7, 11) is 0. The highest BCUT2D eigenvalue weighted by Crippen LogP contribution is 2.12. The molecule has 0 unspecified atom stereocenters. The number of aromatic nitrogens is 1. The minimum absolute atomic E-state index is 0.0314. The molecule has 0 saturated carbocycles. The molecule has 1 aromatic rings. The van der Waals surface area contributed by atoms with E-state index in [0.717, 1.165) is 5.56 Å². The Bertz CT molecular complexity index is 512. The minimum Gasteiger partial charge on any atom is -0.481 e. The summed E-state index contributed by atoms with van der Waals surface area (Å²) in [6.07, 6.45) is 1.67. The maximum Gasteiger partial charge on any atom is 0.305 e. The highest BCUT2D eigenvalue weighted by molar-refractivity contribution is 5.81. The molecule has 1 aromatic heterocycles. The third kappa shape index (κ3) is 4.70. The largest absolute Gasteiger partial charge is 0.481 e. The molecule has 1 amide bonds. The SMILES string of the molecule is Cc1ccc(N(CCC(=O)O)CC(=O)N2CCOCC2)nc1. The van der Waals surface area contributed by atoms with Crippen LogP contribution in [0.3, 0.4) is 0 Å². The highest BCUT2D eigenvalue weighted by Gasteiger charge is 2.20. The van der Waals surface area contributed by atoms with E-state index in [-0.39, 0.29) is 25.4 Å². The molecular weight excluding hydrogens is 286 g/mol. The summed E-state index contributed by atoms with van der Waals surface area (Å²) in [5.41, 5.74) is 1.02. The third-order valence-electron chi connectivity index (χ3n) is 3.51. The number of hydrogen-bond acceptors (Lipinski definition) is 5. The van der Waals surface area contributed by atoms with Crippen LogP contribution >= 0.6 is 0 Å². The summed E-state index contributed by atoms with van der Waals surface area (Å²) in [6, 6.07) is 3.71. The summed E-state index contributed by atoms with van der Waals surface area (Å²) < 4.78 is 5.23. The van der Waals surface area contributed by atoms with Crippen LogP contribution in [-0.4, -0.2) is 66.3 Å². The molecule has 7 nitrogen and oxygen atoms in total. The zero-order valence-corrected chi connectivity index (χ0v) is 12.7. The molecule has 1 aliphatic heterocycles. The Labute approximate surface area is 129 Å². The molecule has 0 atom stereocenters. The molecule has 0 aliphatic carbocycles. The second-order valence-corrected chi connectivity index (χ2v) is 5.25. The Morgan fingerprint density at radius 2 is 2.09 bits per heavy atom. The Balaban J connectivity index is 2.04. The van der Waals surface area contributed by atoms with Gasteiger partial charge in [0, 0.05) is 25.8 Å². The zero-order chi connectivity index (χ0) is 15.9. The molecule has 1 saturated heterocycles.